The minimum Gasteiger partial charge on any atom is -0.497 e. The molecule has 1 aliphatic rings. The lowest BCUT2D eigenvalue weighted by Gasteiger charge is -2.36. The number of amides is 1. The average molecular weight is 503 g/mol. The Morgan fingerprint density at radius 3 is 2.22 bits per heavy atom. The number of anilines is 3. The van der Waals surface area contributed by atoms with Gasteiger partial charge in [0.05, 0.1) is 18.2 Å². The van der Waals surface area contributed by atoms with Gasteiger partial charge in [-0.25, -0.2) is 9.78 Å². The fraction of sp³-hybridized carbons (Fsp3) is 0.385. The van der Waals surface area contributed by atoms with Crippen LogP contribution in [0.15, 0.2) is 48.5 Å². The summed E-state index contributed by atoms with van der Waals surface area (Å²) in [6.07, 6.45) is -4.86. The van der Waals surface area contributed by atoms with Gasteiger partial charge in [-0.2, -0.15) is 13.2 Å². The Balaban J connectivity index is 1.46. The first-order valence-corrected chi connectivity index (χ1v) is 11.6. The van der Waals surface area contributed by atoms with Gasteiger partial charge in [0.1, 0.15) is 17.2 Å². The largest absolute Gasteiger partial charge is 0.497 e. The van der Waals surface area contributed by atoms with Gasteiger partial charge in [0.15, 0.2) is 0 Å². The number of pyridine rings is 1. The minimum atomic E-state index is -4.55. The van der Waals surface area contributed by atoms with Crippen molar-refractivity contribution in [2.45, 2.75) is 32.5 Å². The molecule has 1 aromatic heterocycles. The number of hydrogen-bond donors (Lipinski definition) is 1. The number of halogens is 3. The highest BCUT2D eigenvalue weighted by Gasteiger charge is 2.34. The van der Waals surface area contributed by atoms with E-state index in [1.54, 1.807) is 23.1 Å². The van der Waals surface area contributed by atoms with Crippen molar-refractivity contribution in [2.75, 3.05) is 43.5 Å². The number of rotatable bonds is 4. The normalized spacial score (nSPS) is 14.6. The lowest BCUT2D eigenvalue weighted by molar-refractivity contribution is -0.136. The monoisotopic (exact) mass is 502 g/mol. The zero-order chi connectivity index (χ0) is 26.1. The lowest BCUT2D eigenvalue weighted by atomic mass is 10.1. The molecule has 0 aliphatic carbocycles. The summed E-state index contributed by atoms with van der Waals surface area (Å²) in [5.74, 6) is 0.428. The molecule has 1 fully saturated rings. The summed E-state index contributed by atoms with van der Waals surface area (Å²) in [6, 6.07) is 12.8. The fourth-order valence-electron chi connectivity index (χ4n) is 4.01. The van der Waals surface area contributed by atoms with Crippen molar-refractivity contribution in [2.24, 2.45) is 0 Å². The van der Waals surface area contributed by atoms with Gasteiger partial charge >= 0.3 is 12.3 Å². The smallest absolute Gasteiger partial charge is 0.417 e. The standard InChI is InChI=1S/C26H29F3N4O3/c1-25(2,3)36-24(34)33-13-11-32(12-14-33)18-7-5-17(6-8-18)30-23-16-21(26(27,28)29)20-15-19(35-4)9-10-22(20)31-23/h5-10,15-16H,11-14H2,1-4H3,(H,30,31). The van der Waals surface area contributed by atoms with Crippen LogP contribution in [0.4, 0.5) is 35.2 Å². The van der Waals surface area contributed by atoms with Crippen molar-refractivity contribution in [3.63, 3.8) is 0 Å². The highest BCUT2D eigenvalue weighted by atomic mass is 19.4. The number of carbonyl (C=O) groups excluding carboxylic acids is 1. The lowest BCUT2D eigenvalue weighted by Crippen LogP contribution is -2.50. The molecule has 2 heterocycles. The number of piperazine rings is 1. The third kappa shape index (κ3) is 5.92. The molecule has 0 unspecified atom stereocenters. The molecular weight excluding hydrogens is 473 g/mol. The van der Waals surface area contributed by atoms with E-state index in [1.807, 2.05) is 32.9 Å². The number of benzene rings is 2. The van der Waals surface area contributed by atoms with E-state index < -0.39 is 17.3 Å². The first kappa shape index (κ1) is 25.4. The summed E-state index contributed by atoms with van der Waals surface area (Å²) in [4.78, 5) is 20.5. The van der Waals surface area contributed by atoms with Crippen LogP contribution >= 0.6 is 0 Å². The van der Waals surface area contributed by atoms with Gasteiger partial charge in [-0.3, -0.25) is 0 Å². The van der Waals surface area contributed by atoms with Crippen molar-refractivity contribution >= 4 is 34.2 Å². The molecule has 36 heavy (non-hydrogen) atoms. The molecule has 1 amide bonds. The molecule has 1 saturated heterocycles. The Kier molecular flexibility index (Phi) is 6.88. The number of carbonyl (C=O) groups is 1. The molecule has 192 valence electrons. The van der Waals surface area contributed by atoms with E-state index in [4.69, 9.17) is 9.47 Å². The van der Waals surface area contributed by atoms with Gasteiger partial charge in [0.2, 0.25) is 0 Å². The van der Waals surface area contributed by atoms with E-state index in [-0.39, 0.29) is 22.8 Å². The predicted octanol–water partition coefficient (Wildman–Crippen LogP) is 6.06. The Labute approximate surface area is 207 Å². The molecule has 1 N–H and O–H groups in total. The van der Waals surface area contributed by atoms with Crippen molar-refractivity contribution in [1.82, 2.24) is 9.88 Å². The first-order chi connectivity index (χ1) is 16.9. The van der Waals surface area contributed by atoms with Crippen LogP contribution in [-0.4, -0.2) is 54.9 Å². The van der Waals surface area contributed by atoms with Crippen molar-refractivity contribution < 1.29 is 27.4 Å². The highest BCUT2D eigenvalue weighted by molar-refractivity contribution is 5.86. The maximum absolute atomic E-state index is 13.8. The molecule has 7 nitrogen and oxygen atoms in total. The van der Waals surface area contributed by atoms with Gasteiger partial charge in [0.25, 0.3) is 0 Å². The second-order valence-corrected chi connectivity index (χ2v) is 9.56. The highest BCUT2D eigenvalue weighted by Crippen LogP contribution is 2.37. The van der Waals surface area contributed by atoms with Gasteiger partial charge in [-0.05, 0) is 69.3 Å². The second-order valence-electron chi connectivity index (χ2n) is 9.56. The molecule has 0 saturated carbocycles. The molecule has 0 radical (unpaired) electrons. The summed E-state index contributed by atoms with van der Waals surface area (Å²) in [7, 11) is 1.41. The third-order valence-corrected chi connectivity index (χ3v) is 5.76. The average Bonchev–Trinajstić information content (AvgIpc) is 2.82. The maximum Gasteiger partial charge on any atom is 0.417 e. The third-order valence-electron chi connectivity index (χ3n) is 5.76. The number of fused-ring (bicyclic) bond motifs is 1. The molecular formula is C26H29F3N4O3. The summed E-state index contributed by atoms with van der Waals surface area (Å²) in [5, 5.41) is 2.96. The molecule has 1 aliphatic heterocycles. The van der Waals surface area contributed by atoms with E-state index in [0.717, 1.165) is 11.8 Å². The zero-order valence-electron chi connectivity index (χ0n) is 20.6. The number of nitrogens with one attached hydrogen (secondary N) is 1. The summed E-state index contributed by atoms with van der Waals surface area (Å²) < 4.78 is 51.8. The van der Waals surface area contributed by atoms with Crippen molar-refractivity contribution in [3.8, 4) is 5.75 Å². The van der Waals surface area contributed by atoms with Crippen LogP contribution in [0.3, 0.4) is 0 Å². The van der Waals surface area contributed by atoms with Crippen molar-refractivity contribution in [3.05, 3.63) is 54.1 Å². The molecule has 4 rings (SSSR count). The topological polar surface area (TPSA) is 66.9 Å². The Morgan fingerprint density at radius 1 is 0.972 bits per heavy atom. The van der Waals surface area contributed by atoms with Crippen LogP contribution in [-0.2, 0) is 10.9 Å². The SMILES string of the molecule is COc1ccc2nc(Nc3ccc(N4CCN(C(=O)OC(C)(C)C)CC4)cc3)cc(C(F)(F)F)c2c1. The van der Waals surface area contributed by atoms with Crippen LogP contribution in [0, 0.1) is 0 Å². The minimum absolute atomic E-state index is 0.0201. The summed E-state index contributed by atoms with van der Waals surface area (Å²) >= 11 is 0. The number of methoxy groups -OCH3 is 1. The molecule has 0 bridgehead atoms. The van der Waals surface area contributed by atoms with Gasteiger partial charge in [-0.1, -0.05) is 0 Å². The first-order valence-electron chi connectivity index (χ1n) is 11.6. The Bertz CT molecular complexity index is 1230. The van der Waals surface area contributed by atoms with Crippen LogP contribution in [0.1, 0.15) is 26.3 Å². The van der Waals surface area contributed by atoms with Crippen LogP contribution in [0.5, 0.6) is 5.75 Å². The van der Waals surface area contributed by atoms with E-state index in [2.05, 4.69) is 15.2 Å². The summed E-state index contributed by atoms with van der Waals surface area (Å²) in [5.41, 5.74) is 0.463. The quantitative estimate of drug-likeness (QED) is 0.468. The Morgan fingerprint density at radius 2 is 1.64 bits per heavy atom. The summed E-state index contributed by atoms with van der Waals surface area (Å²) in [6.45, 7) is 7.90. The van der Waals surface area contributed by atoms with Crippen LogP contribution in [0.25, 0.3) is 10.9 Å². The van der Waals surface area contributed by atoms with Crippen LogP contribution in [0.2, 0.25) is 0 Å². The zero-order valence-corrected chi connectivity index (χ0v) is 20.6. The Hall–Kier alpha value is -3.69. The molecule has 10 heteroatoms. The van der Waals surface area contributed by atoms with E-state index in [9.17, 15) is 18.0 Å². The van der Waals surface area contributed by atoms with E-state index in [1.165, 1.54) is 19.2 Å². The molecule has 0 spiro atoms. The van der Waals surface area contributed by atoms with Crippen LogP contribution < -0.4 is 15.0 Å². The number of hydrogen-bond acceptors (Lipinski definition) is 6. The van der Waals surface area contributed by atoms with Gasteiger partial charge in [-0.15, -0.1) is 0 Å². The molecule has 2 aromatic carbocycles. The second kappa shape index (κ2) is 9.75. The number of nitrogens with zero attached hydrogens (tertiary/aromatic N) is 3. The van der Waals surface area contributed by atoms with Gasteiger partial charge in [0, 0.05) is 42.9 Å². The van der Waals surface area contributed by atoms with Crippen molar-refractivity contribution in [1.29, 1.82) is 0 Å². The number of ether oxygens (including phenoxy) is 2. The van der Waals surface area contributed by atoms with E-state index >= 15 is 0 Å². The fourth-order valence-corrected chi connectivity index (χ4v) is 4.01. The number of aromatic nitrogens is 1. The predicted molar refractivity (Wildman–Crippen MR) is 133 cm³/mol. The maximum atomic E-state index is 13.8. The molecule has 3 aromatic rings. The number of alkyl halides is 3. The molecule has 0 atom stereocenters. The van der Waals surface area contributed by atoms with E-state index in [0.29, 0.717) is 37.6 Å². The van der Waals surface area contributed by atoms with Gasteiger partial charge < -0.3 is 24.6 Å².